The van der Waals surface area contributed by atoms with Crippen LogP contribution in [0.1, 0.15) is 57.4 Å². The van der Waals surface area contributed by atoms with Gasteiger partial charge in [-0.15, -0.1) is 0 Å². The van der Waals surface area contributed by atoms with E-state index in [1.54, 1.807) is 0 Å². The Morgan fingerprint density at radius 3 is 2.44 bits per heavy atom. The molecular formula is C18H24. The van der Waals surface area contributed by atoms with E-state index in [0.717, 1.165) is 12.0 Å². The summed E-state index contributed by atoms with van der Waals surface area (Å²) in [5, 5.41) is 0. The molecule has 1 aromatic rings. The van der Waals surface area contributed by atoms with Gasteiger partial charge in [0, 0.05) is 5.56 Å². The first-order valence-electron chi connectivity index (χ1n) is 7.15. The summed E-state index contributed by atoms with van der Waals surface area (Å²) >= 11 is 0. The molecule has 0 atom stereocenters. The van der Waals surface area contributed by atoms with Crippen LogP contribution in [0.2, 0.25) is 0 Å². The molecule has 0 fully saturated rings. The Hall–Kier alpha value is -1.48. The molecule has 0 N–H and O–H groups in total. The van der Waals surface area contributed by atoms with Gasteiger partial charge in [0.25, 0.3) is 0 Å². The van der Waals surface area contributed by atoms with Crippen molar-refractivity contribution in [3.05, 3.63) is 48.0 Å². The van der Waals surface area contributed by atoms with Crippen LogP contribution in [0, 0.1) is 11.8 Å². The smallest absolute Gasteiger partial charge is 0.0248 e. The van der Waals surface area contributed by atoms with Gasteiger partial charge >= 0.3 is 0 Å². The lowest BCUT2D eigenvalue weighted by molar-refractivity contribution is 0.611. The summed E-state index contributed by atoms with van der Waals surface area (Å²) in [5.74, 6) is 6.21. The molecule has 0 bridgehead atoms. The molecule has 0 amide bonds. The number of allylic oxidation sites excluding steroid dienone is 2. The van der Waals surface area contributed by atoms with Crippen LogP contribution in [-0.2, 0) is 0 Å². The highest BCUT2D eigenvalue weighted by molar-refractivity contribution is 5.36. The number of hydrogen-bond donors (Lipinski definition) is 0. The molecule has 0 saturated heterocycles. The summed E-state index contributed by atoms with van der Waals surface area (Å²) in [6, 6.07) is 10.1. The average Bonchev–Trinajstić information content (AvgIpc) is 2.42. The molecule has 18 heavy (non-hydrogen) atoms. The summed E-state index contributed by atoms with van der Waals surface area (Å²) in [4.78, 5) is 0. The molecule has 0 saturated carbocycles. The van der Waals surface area contributed by atoms with Crippen LogP contribution in [-0.4, -0.2) is 0 Å². The molecule has 0 aromatic heterocycles. The highest BCUT2D eigenvalue weighted by atomic mass is 13.9. The Morgan fingerprint density at radius 1 is 0.944 bits per heavy atom. The number of hydrogen-bond acceptors (Lipinski definition) is 0. The minimum Gasteiger partial charge on any atom is -0.0761 e. The Bertz CT molecular complexity index is 375. The van der Waals surface area contributed by atoms with Crippen LogP contribution in [0.3, 0.4) is 0 Å². The van der Waals surface area contributed by atoms with Crippen molar-refractivity contribution in [2.45, 2.75) is 51.9 Å². The zero-order chi connectivity index (χ0) is 12.9. The highest BCUT2D eigenvalue weighted by Gasteiger charge is 1.87. The van der Waals surface area contributed by atoms with E-state index in [9.17, 15) is 0 Å². The van der Waals surface area contributed by atoms with Crippen LogP contribution in [0.4, 0.5) is 0 Å². The maximum absolute atomic E-state index is 3.13. The van der Waals surface area contributed by atoms with Gasteiger partial charge in [-0.1, -0.05) is 75.1 Å². The number of rotatable bonds is 7. The summed E-state index contributed by atoms with van der Waals surface area (Å²) in [6.07, 6.45) is 13.5. The Kier molecular flexibility index (Phi) is 8.63. The molecule has 1 aromatic carbocycles. The molecular weight excluding hydrogens is 216 g/mol. The highest BCUT2D eigenvalue weighted by Crippen LogP contribution is 2.06. The number of unbranched alkanes of at least 4 members (excludes halogenated alkanes) is 6. The minimum absolute atomic E-state index is 1.08. The van der Waals surface area contributed by atoms with Crippen molar-refractivity contribution in [1.82, 2.24) is 0 Å². The first-order valence-corrected chi connectivity index (χ1v) is 7.15. The average molecular weight is 240 g/mol. The lowest BCUT2D eigenvalue weighted by Gasteiger charge is -1.96. The van der Waals surface area contributed by atoms with Crippen molar-refractivity contribution in [2.24, 2.45) is 0 Å². The zero-order valence-electron chi connectivity index (χ0n) is 11.5. The molecule has 0 spiro atoms. The summed E-state index contributed by atoms with van der Waals surface area (Å²) in [6.45, 7) is 2.26. The molecule has 0 heteroatoms. The lowest BCUT2D eigenvalue weighted by atomic mass is 10.1. The van der Waals surface area contributed by atoms with Gasteiger partial charge in [0.05, 0.1) is 0 Å². The van der Waals surface area contributed by atoms with Crippen LogP contribution in [0.5, 0.6) is 0 Å². The Morgan fingerprint density at radius 2 is 1.67 bits per heavy atom. The normalized spacial score (nSPS) is 10.3. The second-order valence-electron chi connectivity index (χ2n) is 4.59. The molecule has 0 radical (unpaired) electrons. The first kappa shape index (κ1) is 14.6. The predicted molar refractivity (Wildman–Crippen MR) is 80.5 cm³/mol. The molecule has 96 valence electrons. The van der Waals surface area contributed by atoms with E-state index >= 15 is 0 Å². The third kappa shape index (κ3) is 7.74. The van der Waals surface area contributed by atoms with Crippen molar-refractivity contribution in [3.8, 4) is 11.8 Å². The van der Waals surface area contributed by atoms with Crippen LogP contribution < -0.4 is 0 Å². The van der Waals surface area contributed by atoms with E-state index in [4.69, 9.17) is 0 Å². The SMILES string of the molecule is CCCCCCCC/C=C/C#Cc1ccccc1. The molecule has 0 nitrogen and oxygen atoms in total. The second kappa shape index (κ2) is 10.7. The van der Waals surface area contributed by atoms with Gasteiger partial charge in [0.1, 0.15) is 0 Å². The van der Waals surface area contributed by atoms with E-state index < -0.39 is 0 Å². The van der Waals surface area contributed by atoms with Gasteiger partial charge in [-0.05, 0) is 31.1 Å². The van der Waals surface area contributed by atoms with E-state index in [0.29, 0.717) is 0 Å². The fraction of sp³-hybridized carbons (Fsp3) is 0.444. The molecule has 1 rings (SSSR count). The quantitative estimate of drug-likeness (QED) is 0.445. The third-order valence-corrected chi connectivity index (χ3v) is 2.92. The van der Waals surface area contributed by atoms with E-state index in [1.165, 1.54) is 38.5 Å². The first-order chi connectivity index (χ1) is 8.93. The minimum atomic E-state index is 1.08. The maximum atomic E-state index is 3.13. The summed E-state index contributed by atoms with van der Waals surface area (Å²) in [7, 11) is 0. The summed E-state index contributed by atoms with van der Waals surface area (Å²) < 4.78 is 0. The van der Waals surface area contributed by atoms with Crippen molar-refractivity contribution in [1.29, 1.82) is 0 Å². The lowest BCUT2D eigenvalue weighted by Crippen LogP contribution is -1.77. The van der Waals surface area contributed by atoms with Gasteiger partial charge in [-0.3, -0.25) is 0 Å². The number of benzene rings is 1. The molecule has 0 aliphatic rings. The third-order valence-electron chi connectivity index (χ3n) is 2.92. The van der Waals surface area contributed by atoms with Gasteiger partial charge < -0.3 is 0 Å². The topological polar surface area (TPSA) is 0 Å². The van der Waals surface area contributed by atoms with Crippen LogP contribution >= 0.6 is 0 Å². The fourth-order valence-electron chi connectivity index (χ4n) is 1.83. The van der Waals surface area contributed by atoms with Gasteiger partial charge in [-0.2, -0.15) is 0 Å². The van der Waals surface area contributed by atoms with E-state index in [1.807, 2.05) is 36.4 Å². The zero-order valence-corrected chi connectivity index (χ0v) is 11.5. The van der Waals surface area contributed by atoms with Crippen molar-refractivity contribution < 1.29 is 0 Å². The molecule has 0 aliphatic heterocycles. The van der Waals surface area contributed by atoms with Crippen LogP contribution in [0.25, 0.3) is 0 Å². The summed E-state index contributed by atoms with van der Waals surface area (Å²) in [5.41, 5.74) is 1.08. The van der Waals surface area contributed by atoms with Crippen molar-refractivity contribution in [3.63, 3.8) is 0 Å². The Balaban J connectivity index is 2.06. The molecule has 0 heterocycles. The maximum Gasteiger partial charge on any atom is 0.0248 e. The monoisotopic (exact) mass is 240 g/mol. The standard InChI is InChI=1S/C18H24/c1-2-3-4-5-6-7-8-9-10-12-15-18-16-13-11-14-17-18/h9-11,13-14,16-17H,2-8H2,1H3/b10-9+. The van der Waals surface area contributed by atoms with Crippen molar-refractivity contribution >= 4 is 0 Å². The fourth-order valence-corrected chi connectivity index (χ4v) is 1.83. The largest absolute Gasteiger partial charge is 0.0761 e. The van der Waals surface area contributed by atoms with Crippen molar-refractivity contribution in [2.75, 3.05) is 0 Å². The second-order valence-corrected chi connectivity index (χ2v) is 4.59. The van der Waals surface area contributed by atoms with Crippen LogP contribution in [0.15, 0.2) is 42.5 Å². The Labute approximate surface area is 112 Å². The molecule has 0 aliphatic carbocycles. The molecule has 0 unspecified atom stereocenters. The predicted octanol–water partition coefficient (Wildman–Crippen LogP) is 5.34. The van der Waals surface area contributed by atoms with Gasteiger partial charge in [-0.25, -0.2) is 0 Å². The van der Waals surface area contributed by atoms with Gasteiger partial charge in [0.2, 0.25) is 0 Å². The van der Waals surface area contributed by atoms with E-state index in [-0.39, 0.29) is 0 Å². The van der Waals surface area contributed by atoms with E-state index in [2.05, 4.69) is 24.8 Å². The van der Waals surface area contributed by atoms with Gasteiger partial charge in [0.15, 0.2) is 0 Å².